The van der Waals surface area contributed by atoms with Gasteiger partial charge in [0.05, 0.1) is 5.56 Å². The lowest BCUT2D eigenvalue weighted by atomic mass is 10.1. The molecule has 0 aliphatic heterocycles. The lowest BCUT2D eigenvalue weighted by Gasteiger charge is -2.05. The van der Waals surface area contributed by atoms with Gasteiger partial charge in [0, 0.05) is 21.9 Å². The minimum Gasteiger partial charge on any atom is -0.365 e. The van der Waals surface area contributed by atoms with Crippen LogP contribution in [0, 0.1) is 13.8 Å². The molecule has 0 unspecified atom stereocenters. The Kier molecular flexibility index (Phi) is 5.63. The van der Waals surface area contributed by atoms with Gasteiger partial charge in [-0.2, -0.15) is 0 Å². The Balaban J connectivity index is 1.92. The Morgan fingerprint density at radius 3 is 2.55 bits per heavy atom. The Hall–Kier alpha value is -1.79. The van der Waals surface area contributed by atoms with E-state index in [9.17, 15) is 9.59 Å². The van der Waals surface area contributed by atoms with E-state index in [4.69, 9.17) is 5.73 Å². The molecule has 22 heavy (non-hydrogen) atoms. The summed E-state index contributed by atoms with van der Waals surface area (Å²) in [6.45, 7) is 3.75. The molecule has 0 atom stereocenters. The first-order valence-electron chi connectivity index (χ1n) is 6.86. The van der Waals surface area contributed by atoms with Gasteiger partial charge in [0.1, 0.15) is 5.00 Å². The summed E-state index contributed by atoms with van der Waals surface area (Å²) in [5.41, 5.74) is 6.65. The smallest absolute Gasteiger partial charge is 0.251 e. The molecule has 0 spiro atoms. The molecule has 2 amide bonds. The summed E-state index contributed by atoms with van der Waals surface area (Å²) >= 11 is 3.02. The van der Waals surface area contributed by atoms with E-state index in [-0.39, 0.29) is 5.91 Å². The van der Waals surface area contributed by atoms with Crippen molar-refractivity contribution in [2.45, 2.75) is 25.2 Å². The van der Waals surface area contributed by atoms with E-state index < -0.39 is 5.91 Å². The van der Waals surface area contributed by atoms with Crippen LogP contribution in [-0.2, 0) is 4.79 Å². The van der Waals surface area contributed by atoms with E-state index in [2.05, 4.69) is 5.32 Å². The van der Waals surface area contributed by atoms with Gasteiger partial charge in [-0.1, -0.05) is 18.2 Å². The number of primary amides is 1. The van der Waals surface area contributed by atoms with Crippen LogP contribution in [0.2, 0.25) is 0 Å². The van der Waals surface area contributed by atoms with E-state index in [0.29, 0.717) is 22.7 Å². The molecule has 0 aliphatic rings. The summed E-state index contributed by atoms with van der Waals surface area (Å²) in [6, 6.07) is 9.93. The molecule has 3 N–H and O–H groups in total. The van der Waals surface area contributed by atoms with Gasteiger partial charge in [0.25, 0.3) is 5.91 Å². The molecular weight excluding hydrogens is 316 g/mol. The highest BCUT2D eigenvalue weighted by molar-refractivity contribution is 7.99. The minimum atomic E-state index is -0.504. The van der Waals surface area contributed by atoms with Crippen LogP contribution in [0.25, 0.3) is 0 Å². The SMILES string of the molecule is Cc1sc(NC(=O)CCSc2ccccc2)c(C(N)=O)c1C. The van der Waals surface area contributed by atoms with Gasteiger partial charge in [-0.3, -0.25) is 9.59 Å². The first kappa shape index (κ1) is 16.6. The van der Waals surface area contributed by atoms with Crippen LogP contribution in [0.15, 0.2) is 35.2 Å². The van der Waals surface area contributed by atoms with Crippen molar-refractivity contribution in [1.82, 2.24) is 0 Å². The Labute approximate surface area is 138 Å². The van der Waals surface area contributed by atoms with Gasteiger partial charge in [-0.05, 0) is 31.5 Å². The standard InChI is InChI=1S/C16H18N2O2S2/c1-10-11(2)22-16(14(10)15(17)20)18-13(19)8-9-21-12-6-4-3-5-7-12/h3-7H,8-9H2,1-2H3,(H2,17,20)(H,18,19). The van der Waals surface area contributed by atoms with Crippen molar-refractivity contribution in [1.29, 1.82) is 0 Å². The number of aryl methyl sites for hydroxylation is 1. The number of hydrogen-bond acceptors (Lipinski definition) is 4. The fourth-order valence-electron chi connectivity index (χ4n) is 1.98. The number of rotatable bonds is 6. The molecule has 0 aliphatic carbocycles. The molecule has 2 rings (SSSR count). The third kappa shape index (κ3) is 4.11. The van der Waals surface area contributed by atoms with Crippen molar-refractivity contribution >= 4 is 39.9 Å². The van der Waals surface area contributed by atoms with Crippen LogP contribution >= 0.6 is 23.1 Å². The molecule has 116 valence electrons. The van der Waals surface area contributed by atoms with Crippen molar-refractivity contribution in [3.8, 4) is 0 Å². The van der Waals surface area contributed by atoms with Crippen LogP contribution in [0.1, 0.15) is 27.2 Å². The van der Waals surface area contributed by atoms with Gasteiger partial charge in [0.2, 0.25) is 5.91 Å². The number of amides is 2. The fourth-order valence-corrected chi connectivity index (χ4v) is 3.93. The van der Waals surface area contributed by atoms with E-state index in [1.54, 1.807) is 11.8 Å². The number of thioether (sulfide) groups is 1. The number of nitrogens with one attached hydrogen (secondary N) is 1. The van der Waals surface area contributed by atoms with E-state index >= 15 is 0 Å². The van der Waals surface area contributed by atoms with E-state index in [1.807, 2.05) is 44.2 Å². The molecule has 0 saturated heterocycles. The van der Waals surface area contributed by atoms with Crippen LogP contribution in [-0.4, -0.2) is 17.6 Å². The predicted octanol–water partition coefficient (Wildman–Crippen LogP) is 3.58. The zero-order valence-corrected chi connectivity index (χ0v) is 14.1. The lowest BCUT2D eigenvalue weighted by molar-refractivity contribution is -0.115. The molecule has 0 bridgehead atoms. The first-order valence-corrected chi connectivity index (χ1v) is 8.66. The van der Waals surface area contributed by atoms with Gasteiger partial charge in [-0.25, -0.2) is 0 Å². The number of nitrogens with two attached hydrogens (primary N) is 1. The minimum absolute atomic E-state index is 0.104. The molecule has 1 aromatic heterocycles. The van der Waals surface area contributed by atoms with E-state index in [1.165, 1.54) is 11.3 Å². The second kappa shape index (κ2) is 7.47. The molecule has 0 fully saturated rings. The molecular formula is C16H18N2O2S2. The summed E-state index contributed by atoms with van der Waals surface area (Å²) in [5, 5.41) is 3.36. The molecule has 2 aromatic rings. The highest BCUT2D eigenvalue weighted by Crippen LogP contribution is 2.32. The first-order chi connectivity index (χ1) is 10.5. The summed E-state index contributed by atoms with van der Waals surface area (Å²) < 4.78 is 0. The summed E-state index contributed by atoms with van der Waals surface area (Å²) in [4.78, 5) is 25.7. The average molecular weight is 334 g/mol. The second-order valence-electron chi connectivity index (χ2n) is 4.81. The van der Waals surface area contributed by atoms with Gasteiger partial charge in [0.15, 0.2) is 0 Å². The van der Waals surface area contributed by atoms with E-state index in [0.717, 1.165) is 15.3 Å². The Morgan fingerprint density at radius 1 is 1.23 bits per heavy atom. The predicted molar refractivity (Wildman–Crippen MR) is 92.7 cm³/mol. The lowest BCUT2D eigenvalue weighted by Crippen LogP contribution is -2.17. The molecule has 1 heterocycles. The summed E-state index contributed by atoms with van der Waals surface area (Å²) in [5.74, 6) is 0.0773. The molecule has 1 aromatic carbocycles. The van der Waals surface area contributed by atoms with Crippen LogP contribution in [0.5, 0.6) is 0 Å². The number of thiophene rings is 1. The maximum Gasteiger partial charge on any atom is 0.251 e. The fraction of sp³-hybridized carbons (Fsp3) is 0.250. The molecule has 4 nitrogen and oxygen atoms in total. The van der Waals surface area contributed by atoms with Gasteiger partial charge < -0.3 is 11.1 Å². The number of carbonyl (C=O) groups is 2. The van der Waals surface area contributed by atoms with Gasteiger partial charge >= 0.3 is 0 Å². The van der Waals surface area contributed by atoms with Crippen molar-refractivity contribution in [2.75, 3.05) is 11.1 Å². The van der Waals surface area contributed by atoms with Crippen LogP contribution < -0.4 is 11.1 Å². The summed E-state index contributed by atoms with van der Waals surface area (Å²) in [6.07, 6.45) is 0.383. The van der Waals surface area contributed by atoms with Crippen molar-refractivity contribution in [2.24, 2.45) is 5.73 Å². The maximum absolute atomic E-state index is 12.0. The number of anilines is 1. The third-order valence-electron chi connectivity index (χ3n) is 3.23. The summed E-state index contributed by atoms with van der Waals surface area (Å²) in [7, 11) is 0. The monoisotopic (exact) mass is 334 g/mol. The third-order valence-corrected chi connectivity index (χ3v) is 5.36. The highest BCUT2D eigenvalue weighted by Gasteiger charge is 2.18. The normalized spacial score (nSPS) is 10.5. The number of carbonyl (C=O) groups excluding carboxylic acids is 2. The number of hydrogen-bond donors (Lipinski definition) is 2. The maximum atomic E-state index is 12.0. The molecule has 0 saturated carbocycles. The largest absolute Gasteiger partial charge is 0.365 e. The van der Waals surface area contributed by atoms with Crippen LogP contribution in [0.3, 0.4) is 0 Å². The van der Waals surface area contributed by atoms with Crippen LogP contribution in [0.4, 0.5) is 5.00 Å². The Morgan fingerprint density at radius 2 is 1.91 bits per heavy atom. The second-order valence-corrected chi connectivity index (χ2v) is 7.20. The highest BCUT2D eigenvalue weighted by atomic mass is 32.2. The zero-order valence-electron chi connectivity index (χ0n) is 12.5. The molecule has 0 radical (unpaired) electrons. The molecule has 6 heteroatoms. The number of benzene rings is 1. The average Bonchev–Trinajstić information content (AvgIpc) is 2.74. The zero-order chi connectivity index (χ0) is 16.1. The Bertz CT molecular complexity index is 681. The topological polar surface area (TPSA) is 72.2 Å². The van der Waals surface area contributed by atoms with Crippen molar-refractivity contribution in [3.05, 3.63) is 46.3 Å². The van der Waals surface area contributed by atoms with Crippen molar-refractivity contribution < 1.29 is 9.59 Å². The van der Waals surface area contributed by atoms with Crippen molar-refractivity contribution in [3.63, 3.8) is 0 Å². The quantitative estimate of drug-likeness (QED) is 0.793. The van der Waals surface area contributed by atoms with Gasteiger partial charge in [-0.15, -0.1) is 23.1 Å².